The topological polar surface area (TPSA) is 97.0 Å². The Bertz CT molecular complexity index is 1450. The molecule has 1 aromatic carbocycles. The summed E-state index contributed by atoms with van der Waals surface area (Å²) in [6, 6.07) is 6.84. The fourth-order valence-corrected chi connectivity index (χ4v) is 4.03. The van der Waals surface area contributed by atoms with E-state index in [1.54, 1.807) is 43.8 Å². The molecule has 12 heteroatoms. The van der Waals surface area contributed by atoms with Crippen LogP contribution < -0.4 is 9.47 Å². The lowest BCUT2D eigenvalue weighted by molar-refractivity contribution is -0.144. The lowest BCUT2D eigenvalue weighted by Gasteiger charge is -2.15. The molecule has 0 bridgehead atoms. The van der Waals surface area contributed by atoms with Crippen LogP contribution in [0.15, 0.2) is 49.1 Å². The number of imidazole rings is 1. The van der Waals surface area contributed by atoms with Crippen LogP contribution in [0.4, 0.5) is 13.2 Å². The Morgan fingerprint density at radius 3 is 2.34 bits per heavy atom. The largest absolute Gasteiger partial charge is 0.496 e. The number of hydrogen-bond acceptors (Lipinski definition) is 7. The molecule has 0 saturated carbocycles. The van der Waals surface area contributed by atoms with E-state index in [-0.39, 0.29) is 29.6 Å². The van der Waals surface area contributed by atoms with E-state index in [2.05, 4.69) is 10.1 Å². The van der Waals surface area contributed by atoms with Gasteiger partial charge in [-0.1, -0.05) is 0 Å². The maximum Gasteiger partial charge on any atom is 0.389 e. The number of pyridine rings is 1. The van der Waals surface area contributed by atoms with Crippen molar-refractivity contribution in [3.05, 3.63) is 54.6 Å². The molecule has 0 fully saturated rings. The zero-order valence-electron chi connectivity index (χ0n) is 20.9. The van der Waals surface area contributed by atoms with E-state index in [0.717, 1.165) is 11.1 Å². The first-order valence-electron chi connectivity index (χ1n) is 11.7. The Balaban J connectivity index is 1.65. The number of nitrogens with zero attached hydrogens (tertiary/aromatic N) is 4. The zero-order chi connectivity index (χ0) is 27.4. The van der Waals surface area contributed by atoms with Crippen LogP contribution in [0.2, 0.25) is 0 Å². The number of aromatic nitrogens is 4. The van der Waals surface area contributed by atoms with Crippen molar-refractivity contribution in [1.82, 2.24) is 19.2 Å². The third kappa shape index (κ3) is 5.79. The summed E-state index contributed by atoms with van der Waals surface area (Å²) < 4.78 is 57.0. The molecule has 0 amide bonds. The highest BCUT2D eigenvalue weighted by molar-refractivity contribution is 6.02. The van der Waals surface area contributed by atoms with Gasteiger partial charge in [0.2, 0.25) is 0 Å². The van der Waals surface area contributed by atoms with Crippen molar-refractivity contribution in [2.45, 2.75) is 32.5 Å². The number of ketones is 1. The van der Waals surface area contributed by atoms with Gasteiger partial charge in [-0.25, -0.2) is 4.98 Å². The predicted octanol–water partition coefficient (Wildman–Crippen LogP) is 4.97. The molecule has 4 rings (SSSR count). The molecule has 200 valence electrons. The van der Waals surface area contributed by atoms with E-state index >= 15 is 0 Å². The van der Waals surface area contributed by atoms with Crippen molar-refractivity contribution in [1.29, 1.82) is 0 Å². The first kappa shape index (κ1) is 26.7. The molecule has 0 saturated heterocycles. The normalized spacial score (nSPS) is 11.5. The number of alkyl halides is 3. The maximum atomic E-state index is 12.7. The van der Waals surface area contributed by atoms with Crippen molar-refractivity contribution >= 4 is 17.4 Å². The average molecular weight is 531 g/mol. The van der Waals surface area contributed by atoms with Gasteiger partial charge in [-0.15, -0.1) is 0 Å². The van der Waals surface area contributed by atoms with Crippen LogP contribution >= 0.6 is 0 Å². The number of carbonyl (C=O) groups is 2. The number of hydrogen-bond donors (Lipinski definition) is 0. The van der Waals surface area contributed by atoms with Crippen LogP contribution in [0.5, 0.6) is 11.5 Å². The standard InChI is InChI=1S/C26H25F3N4O5/c1-4-38-24(35)15-32-14-18(12-31-32)16-6-8-33-19(13-30-23(33)11-16)17-9-21(36-2)25(22(10-17)37-3)20(34)5-7-26(27,28)29/h6,8-14H,4-5,7,15H2,1-3H3. The number of esters is 1. The number of benzene rings is 1. The van der Waals surface area contributed by atoms with Crippen molar-refractivity contribution in [3.63, 3.8) is 0 Å². The summed E-state index contributed by atoms with van der Waals surface area (Å²) >= 11 is 0. The van der Waals surface area contributed by atoms with Gasteiger partial charge in [0, 0.05) is 29.9 Å². The van der Waals surface area contributed by atoms with E-state index in [1.807, 2.05) is 16.5 Å². The van der Waals surface area contributed by atoms with Gasteiger partial charge >= 0.3 is 12.1 Å². The molecule has 0 radical (unpaired) electrons. The van der Waals surface area contributed by atoms with Crippen molar-refractivity contribution < 1.29 is 37.0 Å². The van der Waals surface area contributed by atoms with Gasteiger partial charge in [-0.05, 0) is 36.8 Å². The summed E-state index contributed by atoms with van der Waals surface area (Å²) in [4.78, 5) is 28.8. The molecule has 3 aromatic heterocycles. The number of methoxy groups -OCH3 is 2. The summed E-state index contributed by atoms with van der Waals surface area (Å²) in [5.41, 5.74) is 3.42. The third-order valence-electron chi connectivity index (χ3n) is 5.79. The van der Waals surface area contributed by atoms with E-state index < -0.39 is 24.8 Å². The molecule has 0 aliphatic heterocycles. The number of halogens is 3. The van der Waals surface area contributed by atoms with Gasteiger partial charge in [0.05, 0.1) is 45.3 Å². The van der Waals surface area contributed by atoms with Crippen LogP contribution in [0.1, 0.15) is 30.1 Å². The van der Waals surface area contributed by atoms with Crippen LogP contribution in [-0.2, 0) is 16.1 Å². The molecule has 0 unspecified atom stereocenters. The zero-order valence-corrected chi connectivity index (χ0v) is 20.9. The van der Waals surface area contributed by atoms with Gasteiger partial charge in [-0.2, -0.15) is 18.3 Å². The summed E-state index contributed by atoms with van der Waals surface area (Å²) in [6.45, 7) is 2.03. The van der Waals surface area contributed by atoms with Gasteiger partial charge in [0.15, 0.2) is 5.78 Å². The van der Waals surface area contributed by atoms with E-state index in [4.69, 9.17) is 14.2 Å². The van der Waals surface area contributed by atoms with E-state index in [9.17, 15) is 22.8 Å². The van der Waals surface area contributed by atoms with Gasteiger partial charge in [0.1, 0.15) is 29.3 Å². The summed E-state index contributed by atoms with van der Waals surface area (Å²) in [5, 5.41) is 4.21. The fourth-order valence-electron chi connectivity index (χ4n) is 4.03. The summed E-state index contributed by atoms with van der Waals surface area (Å²) in [5.74, 6) is -0.900. The van der Waals surface area contributed by atoms with Gasteiger partial charge < -0.3 is 14.2 Å². The molecule has 0 aliphatic carbocycles. The molecule has 0 spiro atoms. The predicted molar refractivity (Wildman–Crippen MR) is 131 cm³/mol. The highest BCUT2D eigenvalue weighted by atomic mass is 19.4. The van der Waals surface area contributed by atoms with Crippen LogP contribution in [0.3, 0.4) is 0 Å². The van der Waals surface area contributed by atoms with E-state index in [0.29, 0.717) is 23.5 Å². The highest BCUT2D eigenvalue weighted by Crippen LogP contribution is 2.37. The number of Topliss-reactive ketones (excluding diaryl/α,β-unsaturated/α-hetero) is 1. The molecule has 0 atom stereocenters. The molecule has 38 heavy (non-hydrogen) atoms. The number of carbonyl (C=O) groups excluding carboxylic acids is 2. The molecule has 0 N–H and O–H groups in total. The van der Waals surface area contributed by atoms with E-state index in [1.165, 1.54) is 18.9 Å². The minimum atomic E-state index is -4.45. The lowest BCUT2D eigenvalue weighted by Crippen LogP contribution is -2.13. The van der Waals surface area contributed by atoms with Crippen molar-refractivity contribution in [3.8, 4) is 33.9 Å². The van der Waals surface area contributed by atoms with Crippen molar-refractivity contribution in [2.24, 2.45) is 0 Å². The second-order valence-corrected chi connectivity index (χ2v) is 8.31. The third-order valence-corrected chi connectivity index (χ3v) is 5.79. The Morgan fingerprint density at radius 1 is 1.00 bits per heavy atom. The Morgan fingerprint density at radius 2 is 1.71 bits per heavy atom. The Hall–Kier alpha value is -4.35. The second kappa shape index (κ2) is 11.0. The molecule has 0 aliphatic rings. The van der Waals surface area contributed by atoms with Crippen molar-refractivity contribution in [2.75, 3.05) is 20.8 Å². The molecular formula is C26H25F3N4O5. The number of fused-ring (bicyclic) bond motifs is 1. The first-order chi connectivity index (χ1) is 18.1. The van der Waals surface area contributed by atoms with Crippen LogP contribution in [0, 0.1) is 0 Å². The number of ether oxygens (including phenoxy) is 3. The van der Waals surface area contributed by atoms with Gasteiger partial charge in [0.25, 0.3) is 0 Å². The lowest BCUT2D eigenvalue weighted by atomic mass is 10.0. The SMILES string of the molecule is CCOC(=O)Cn1cc(-c2ccn3c(-c4cc(OC)c(C(=O)CCC(F)(F)F)c(OC)c4)cnc3c2)cn1. The molecular weight excluding hydrogens is 505 g/mol. The molecule has 9 nitrogen and oxygen atoms in total. The monoisotopic (exact) mass is 530 g/mol. The molecule has 4 aromatic rings. The first-order valence-corrected chi connectivity index (χ1v) is 11.7. The average Bonchev–Trinajstić information content (AvgIpc) is 3.52. The smallest absolute Gasteiger partial charge is 0.389 e. The van der Waals surface area contributed by atoms with Crippen LogP contribution in [0.25, 0.3) is 28.0 Å². The molecule has 3 heterocycles. The summed E-state index contributed by atoms with van der Waals surface area (Å²) in [7, 11) is 2.67. The minimum Gasteiger partial charge on any atom is -0.496 e. The van der Waals surface area contributed by atoms with Crippen LogP contribution in [-0.4, -0.2) is 57.9 Å². The maximum absolute atomic E-state index is 12.7. The number of rotatable bonds is 10. The summed E-state index contributed by atoms with van der Waals surface area (Å²) in [6.07, 6.45) is 0.391. The Kier molecular flexibility index (Phi) is 7.70. The highest BCUT2D eigenvalue weighted by Gasteiger charge is 2.30. The Labute approximate surface area is 215 Å². The second-order valence-electron chi connectivity index (χ2n) is 8.31. The minimum absolute atomic E-state index is 0.00196. The quantitative estimate of drug-likeness (QED) is 0.211. The fraction of sp³-hybridized carbons (Fsp3) is 0.308. The van der Waals surface area contributed by atoms with Gasteiger partial charge in [-0.3, -0.25) is 18.7 Å².